The number of carbonyl (C=O) groups is 1. The van der Waals surface area contributed by atoms with Crippen molar-refractivity contribution in [3.8, 4) is 0 Å². The fraction of sp³-hybridized carbons (Fsp3) is 0.350. The van der Waals surface area contributed by atoms with Crippen molar-refractivity contribution in [3.05, 3.63) is 64.7 Å². The molecule has 3 nitrogen and oxygen atoms in total. The first-order valence-corrected chi connectivity index (χ1v) is 8.07. The largest absolute Gasteiger partial charge is 0.378 e. The van der Waals surface area contributed by atoms with Crippen LogP contribution in [0.2, 0.25) is 0 Å². The molecular weight excluding hydrogens is 284 g/mol. The third-order valence-electron chi connectivity index (χ3n) is 5.07. The van der Waals surface area contributed by atoms with Crippen LogP contribution in [-0.4, -0.2) is 17.9 Å². The van der Waals surface area contributed by atoms with Gasteiger partial charge < -0.3 is 10.2 Å². The van der Waals surface area contributed by atoms with Gasteiger partial charge in [0.2, 0.25) is 0 Å². The van der Waals surface area contributed by atoms with E-state index < -0.39 is 0 Å². The van der Waals surface area contributed by atoms with Crippen molar-refractivity contribution in [2.75, 3.05) is 12.4 Å². The van der Waals surface area contributed by atoms with Gasteiger partial charge >= 0.3 is 0 Å². The molecule has 0 aromatic heterocycles. The standard InChI is InChI=1S/C20H24N2O/c1-13-11-17-16(19(23)22(5)20(17,3)4)12-18(13)21-14(2)15-9-7-6-8-10-15/h6-12,14,21H,1-5H3/t14-/m0/s1. The molecule has 1 heterocycles. The fourth-order valence-corrected chi connectivity index (χ4v) is 3.22. The van der Waals surface area contributed by atoms with Crippen LogP contribution in [-0.2, 0) is 5.54 Å². The Hall–Kier alpha value is -2.29. The van der Waals surface area contributed by atoms with Gasteiger partial charge in [-0.2, -0.15) is 0 Å². The van der Waals surface area contributed by atoms with Crippen LogP contribution in [0.3, 0.4) is 0 Å². The molecule has 1 N–H and O–H groups in total. The Morgan fingerprint density at radius 1 is 1.13 bits per heavy atom. The number of anilines is 1. The Bertz CT molecular complexity index is 750. The molecule has 0 spiro atoms. The number of nitrogens with zero attached hydrogens (tertiary/aromatic N) is 1. The minimum atomic E-state index is -0.249. The van der Waals surface area contributed by atoms with Crippen molar-refractivity contribution in [1.82, 2.24) is 4.90 Å². The number of rotatable bonds is 3. The van der Waals surface area contributed by atoms with Crippen LogP contribution < -0.4 is 5.32 Å². The smallest absolute Gasteiger partial charge is 0.254 e. The lowest BCUT2D eigenvalue weighted by Gasteiger charge is -2.29. The molecule has 120 valence electrons. The molecule has 0 unspecified atom stereocenters. The predicted octanol–water partition coefficient (Wildman–Crippen LogP) is 4.49. The number of amides is 1. The summed E-state index contributed by atoms with van der Waals surface area (Å²) >= 11 is 0. The summed E-state index contributed by atoms with van der Waals surface area (Å²) in [6.07, 6.45) is 0. The Labute approximate surface area is 138 Å². The molecular formula is C20H24N2O. The highest BCUT2D eigenvalue weighted by Crippen LogP contribution is 2.40. The third-order valence-corrected chi connectivity index (χ3v) is 5.07. The maximum Gasteiger partial charge on any atom is 0.254 e. The van der Waals surface area contributed by atoms with Gasteiger partial charge in [-0.05, 0) is 50.5 Å². The van der Waals surface area contributed by atoms with E-state index in [2.05, 4.69) is 51.2 Å². The Balaban J connectivity index is 1.96. The van der Waals surface area contributed by atoms with E-state index in [0.29, 0.717) is 0 Å². The molecule has 1 aliphatic heterocycles. The van der Waals surface area contributed by atoms with E-state index in [9.17, 15) is 4.79 Å². The highest BCUT2D eigenvalue weighted by Gasteiger charge is 2.40. The van der Waals surface area contributed by atoms with Crippen molar-refractivity contribution in [2.24, 2.45) is 0 Å². The lowest BCUT2D eigenvalue weighted by Crippen LogP contribution is -2.35. The molecule has 0 aliphatic carbocycles. The summed E-state index contributed by atoms with van der Waals surface area (Å²) < 4.78 is 0. The van der Waals surface area contributed by atoms with Crippen LogP contribution in [0, 0.1) is 6.92 Å². The van der Waals surface area contributed by atoms with Crippen LogP contribution in [0.15, 0.2) is 42.5 Å². The number of hydrogen-bond donors (Lipinski definition) is 1. The molecule has 3 rings (SSSR count). The third kappa shape index (κ3) is 2.50. The zero-order chi connectivity index (χ0) is 16.8. The monoisotopic (exact) mass is 308 g/mol. The number of aryl methyl sites for hydroxylation is 1. The van der Waals surface area contributed by atoms with Crippen molar-refractivity contribution >= 4 is 11.6 Å². The summed E-state index contributed by atoms with van der Waals surface area (Å²) in [6.45, 7) is 8.42. The van der Waals surface area contributed by atoms with Crippen LogP contribution in [0.1, 0.15) is 53.9 Å². The summed E-state index contributed by atoms with van der Waals surface area (Å²) in [5.41, 5.74) is 5.10. The second-order valence-electron chi connectivity index (χ2n) is 6.91. The van der Waals surface area contributed by atoms with Crippen LogP contribution in [0.5, 0.6) is 0 Å². The van der Waals surface area contributed by atoms with Gasteiger partial charge in [0, 0.05) is 24.3 Å². The second-order valence-corrected chi connectivity index (χ2v) is 6.91. The van der Waals surface area contributed by atoms with Gasteiger partial charge in [0.1, 0.15) is 0 Å². The highest BCUT2D eigenvalue weighted by molar-refractivity contribution is 6.00. The minimum Gasteiger partial charge on any atom is -0.378 e. The lowest BCUT2D eigenvalue weighted by molar-refractivity contribution is 0.0691. The normalized spacial score (nSPS) is 17.1. The SMILES string of the molecule is Cc1cc2c(cc1N[C@@H](C)c1ccccc1)C(=O)N(C)C2(C)C. The maximum absolute atomic E-state index is 12.5. The van der Waals surface area contributed by atoms with E-state index in [-0.39, 0.29) is 17.5 Å². The predicted molar refractivity (Wildman–Crippen MR) is 94.8 cm³/mol. The molecule has 1 amide bonds. The zero-order valence-electron chi connectivity index (χ0n) is 14.5. The summed E-state index contributed by atoms with van der Waals surface area (Å²) in [4.78, 5) is 14.4. The van der Waals surface area contributed by atoms with Gasteiger partial charge in [-0.1, -0.05) is 36.4 Å². The first kappa shape index (κ1) is 15.6. The molecule has 3 heteroatoms. The molecule has 2 aromatic rings. The molecule has 0 bridgehead atoms. The average molecular weight is 308 g/mol. The van der Waals surface area contributed by atoms with Crippen LogP contribution >= 0.6 is 0 Å². The van der Waals surface area contributed by atoms with Crippen molar-refractivity contribution in [3.63, 3.8) is 0 Å². The van der Waals surface area contributed by atoms with Gasteiger partial charge in [0.05, 0.1) is 5.54 Å². The number of fused-ring (bicyclic) bond motifs is 1. The molecule has 0 fully saturated rings. The number of benzene rings is 2. The molecule has 0 saturated carbocycles. The lowest BCUT2D eigenvalue weighted by atomic mass is 9.91. The summed E-state index contributed by atoms with van der Waals surface area (Å²) in [7, 11) is 1.87. The van der Waals surface area contributed by atoms with Gasteiger partial charge in [-0.3, -0.25) is 4.79 Å². The fourth-order valence-electron chi connectivity index (χ4n) is 3.22. The second kappa shape index (κ2) is 5.41. The van der Waals surface area contributed by atoms with Crippen LogP contribution in [0.4, 0.5) is 5.69 Å². The summed E-state index contributed by atoms with van der Waals surface area (Å²) in [5, 5.41) is 3.55. The molecule has 0 saturated heterocycles. The highest BCUT2D eigenvalue weighted by atomic mass is 16.2. The summed E-state index contributed by atoms with van der Waals surface area (Å²) in [6, 6.07) is 14.7. The van der Waals surface area contributed by atoms with Gasteiger partial charge in [0.15, 0.2) is 0 Å². The Kier molecular flexibility index (Phi) is 3.67. The molecule has 23 heavy (non-hydrogen) atoms. The van der Waals surface area contributed by atoms with Gasteiger partial charge in [-0.15, -0.1) is 0 Å². The van der Waals surface area contributed by atoms with E-state index in [1.807, 2.05) is 36.2 Å². The zero-order valence-corrected chi connectivity index (χ0v) is 14.5. The van der Waals surface area contributed by atoms with E-state index in [1.54, 1.807) is 0 Å². The van der Waals surface area contributed by atoms with E-state index in [4.69, 9.17) is 0 Å². The van der Waals surface area contributed by atoms with Crippen LogP contribution in [0.25, 0.3) is 0 Å². The molecule has 2 aromatic carbocycles. The molecule has 0 radical (unpaired) electrons. The Morgan fingerprint density at radius 3 is 2.43 bits per heavy atom. The molecule has 1 atom stereocenters. The number of nitrogens with one attached hydrogen (secondary N) is 1. The average Bonchev–Trinajstić information content (AvgIpc) is 2.70. The minimum absolute atomic E-state index is 0.0976. The van der Waals surface area contributed by atoms with Crippen molar-refractivity contribution in [1.29, 1.82) is 0 Å². The first-order chi connectivity index (χ1) is 10.8. The first-order valence-electron chi connectivity index (χ1n) is 8.07. The quantitative estimate of drug-likeness (QED) is 0.906. The molecule has 1 aliphatic rings. The van der Waals surface area contributed by atoms with E-state index >= 15 is 0 Å². The summed E-state index contributed by atoms with van der Waals surface area (Å²) in [5.74, 6) is 0.0976. The number of hydrogen-bond acceptors (Lipinski definition) is 2. The maximum atomic E-state index is 12.5. The van der Waals surface area contributed by atoms with E-state index in [1.165, 1.54) is 11.1 Å². The van der Waals surface area contributed by atoms with Crippen molar-refractivity contribution < 1.29 is 4.79 Å². The van der Waals surface area contributed by atoms with Gasteiger partial charge in [0.25, 0.3) is 5.91 Å². The van der Waals surface area contributed by atoms with Crippen molar-refractivity contribution in [2.45, 2.75) is 39.3 Å². The van der Waals surface area contributed by atoms with E-state index in [0.717, 1.165) is 16.8 Å². The van der Waals surface area contributed by atoms with Gasteiger partial charge in [-0.25, -0.2) is 0 Å². The number of carbonyl (C=O) groups excluding carboxylic acids is 1. The topological polar surface area (TPSA) is 32.3 Å². The Morgan fingerprint density at radius 2 is 1.78 bits per heavy atom.